The van der Waals surface area contributed by atoms with E-state index in [1.165, 1.54) is 63.4 Å². The summed E-state index contributed by atoms with van der Waals surface area (Å²) in [5, 5.41) is 0. The van der Waals surface area contributed by atoms with Crippen LogP contribution in [0.4, 0.5) is 0 Å². The van der Waals surface area contributed by atoms with Crippen LogP contribution in [0, 0.1) is 23.7 Å². The average Bonchev–Trinajstić information content (AvgIpc) is 2.70. The highest BCUT2D eigenvalue weighted by Crippen LogP contribution is 2.43. The minimum Gasteiger partial charge on any atom is -0.0654 e. The molecule has 146 valence electrons. The van der Waals surface area contributed by atoms with Crippen molar-refractivity contribution < 1.29 is 0 Å². The Morgan fingerprint density at radius 2 is 1.35 bits per heavy atom. The van der Waals surface area contributed by atoms with E-state index in [1.807, 2.05) is 0 Å². The zero-order valence-electron chi connectivity index (χ0n) is 17.5. The van der Waals surface area contributed by atoms with E-state index in [1.54, 1.807) is 25.7 Å². The summed E-state index contributed by atoms with van der Waals surface area (Å²) in [6.45, 7) is 4.76. The van der Waals surface area contributed by atoms with Crippen molar-refractivity contribution in [2.45, 2.75) is 103 Å². The van der Waals surface area contributed by atoms with Crippen molar-refractivity contribution >= 4 is 0 Å². The summed E-state index contributed by atoms with van der Waals surface area (Å²) in [7, 11) is 0. The molecule has 0 N–H and O–H groups in total. The third-order valence-corrected chi connectivity index (χ3v) is 7.72. The highest BCUT2D eigenvalue weighted by atomic mass is 14.4. The fourth-order valence-electron chi connectivity index (χ4n) is 5.94. The standard InChI is InChI=1S/C26H42/c1-3-4-6-9-22-12-16-25(17-13-22)26-18-14-23(15-19-26)20-21(2)24-10-7-5-8-11-24/h5,7-8,10-11,21-23,25-26H,3-4,6,9,12-20H2,1-2H3. The van der Waals surface area contributed by atoms with Crippen molar-refractivity contribution in [1.82, 2.24) is 0 Å². The SMILES string of the molecule is CCCCCC1CCC(C2CCC(CC(C)c3ccccc3)CC2)CC1. The summed E-state index contributed by atoms with van der Waals surface area (Å²) in [5.74, 6) is 4.92. The fourth-order valence-corrected chi connectivity index (χ4v) is 5.94. The lowest BCUT2D eigenvalue weighted by Gasteiger charge is -2.38. The minimum absolute atomic E-state index is 0.733. The van der Waals surface area contributed by atoms with Gasteiger partial charge in [-0.1, -0.05) is 95.5 Å². The number of hydrogen-bond donors (Lipinski definition) is 0. The number of benzene rings is 1. The van der Waals surface area contributed by atoms with Gasteiger partial charge in [-0.3, -0.25) is 0 Å². The lowest BCUT2D eigenvalue weighted by Crippen LogP contribution is -2.26. The quantitative estimate of drug-likeness (QED) is 0.411. The van der Waals surface area contributed by atoms with Gasteiger partial charge in [-0.25, -0.2) is 0 Å². The molecule has 0 heteroatoms. The van der Waals surface area contributed by atoms with Crippen LogP contribution in [0.15, 0.2) is 30.3 Å². The van der Waals surface area contributed by atoms with Crippen molar-refractivity contribution in [2.75, 3.05) is 0 Å². The van der Waals surface area contributed by atoms with Crippen LogP contribution >= 0.6 is 0 Å². The predicted octanol–water partition coefficient (Wildman–Crippen LogP) is 8.37. The molecule has 0 radical (unpaired) electrons. The molecule has 0 saturated heterocycles. The van der Waals surface area contributed by atoms with Crippen LogP contribution in [0.1, 0.15) is 109 Å². The van der Waals surface area contributed by atoms with Gasteiger partial charge < -0.3 is 0 Å². The largest absolute Gasteiger partial charge is 0.0654 e. The lowest BCUT2D eigenvalue weighted by atomic mass is 9.67. The number of rotatable bonds is 8. The lowest BCUT2D eigenvalue weighted by molar-refractivity contribution is 0.138. The molecule has 2 aliphatic rings. The highest BCUT2D eigenvalue weighted by molar-refractivity contribution is 5.18. The van der Waals surface area contributed by atoms with E-state index < -0.39 is 0 Å². The van der Waals surface area contributed by atoms with E-state index in [9.17, 15) is 0 Å². The van der Waals surface area contributed by atoms with Gasteiger partial charge in [-0.15, -0.1) is 0 Å². The summed E-state index contributed by atoms with van der Waals surface area (Å²) in [4.78, 5) is 0. The van der Waals surface area contributed by atoms with E-state index in [0.717, 1.165) is 29.6 Å². The zero-order chi connectivity index (χ0) is 18.2. The monoisotopic (exact) mass is 354 g/mol. The van der Waals surface area contributed by atoms with Crippen molar-refractivity contribution in [3.63, 3.8) is 0 Å². The molecule has 0 aromatic heterocycles. The Kier molecular flexibility index (Phi) is 8.08. The summed E-state index contributed by atoms with van der Waals surface area (Å²) in [6, 6.07) is 11.2. The second kappa shape index (κ2) is 10.5. The molecule has 2 saturated carbocycles. The first-order chi connectivity index (χ1) is 12.8. The molecule has 0 heterocycles. The Morgan fingerprint density at radius 3 is 1.92 bits per heavy atom. The average molecular weight is 355 g/mol. The molecule has 0 aliphatic heterocycles. The molecule has 0 nitrogen and oxygen atoms in total. The van der Waals surface area contributed by atoms with Gasteiger partial charge >= 0.3 is 0 Å². The fraction of sp³-hybridized carbons (Fsp3) is 0.769. The molecule has 3 rings (SSSR count). The molecular weight excluding hydrogens is 312 g/mol. The maximum atomic E-state index is 2.43. The van der Waals surface area contributed by atoms with Crippen molar-refractivity contribution in [3.8, 4) is 0 Å². The predicted molar refractivity (Wildman–Crippen MR) is 115 cm³/mol. The van der Waals surface area contributed by atoms with Gasteiger partial charge in [0.05, 0.1) is 0 Å². The topological polar surface area (TPSA) is 0 Å². The first-order valence-corrected chi connectivity index (χ1v) is 11.8. The van der Waals surface area contributed by atoms with Gasteiger partial charge in [0, 0.05) is 0 Å². The van der Waals surface area contributed by atoms with E-state index in [4.69, 9.17) is 0 Å². The van der Waals surface area contributed by atoms with E-state index >= 15 is 0 Å². The molecule has 0 bridgehead atoms. The first-order valence-electron chi connectivity index (χ1n) is 11.8. The minimum atomic E-state index is 0.733. The number of unbranched alkanes of at least 4 members (excludes halogenated alkanes) is 2. The van der Waals surface area contributed by atoms with Crippen molar-refractivity contribution in [2.24, 2.45) is 23.7 Å². The third kappa shape index (κ3) is 5.86. The molecule has 0 amide bonds. The maximum Gasteiger partial charge on any atom is -0.0188 e. The van der Waals surface area contributed by atoms with Gasteiger partial charge in [-0.2, -0.15) is 0 Å². The van der Waals surface area contributed by atoms with Gasteiger partial charge in [0.2, 0.25) is 0 Å². The Balaban J connectivity index is 1.35. The van der Waals surface area contributed by atoms with Crippen LogP contribution in [-0.2, 0) is 0 Å². The molecule has 0 spiro atoms. The molecule has 1 unspecified atom stereocenters. The van der Waals surface area contributed by atoms with Crippen LogP contribution in [0.25, 0.3) is 0 Å². The van der Waals surface area contributed by atoms with E-state index in [-0.39, 0.29) is 0 Å². The van der Waals surface area contributed by atoms with Crippen molar-refractivity contribution in [3.05, 3.63) is 35.9 Å². The Hall–Kier alpha value is -0.780. The van der Waals surface area contributed by atoms with Crippen LogP contribution in [0.2, 0.25) is 0 Å². The Bertz CT molecular complexity index is 474. The summed E-state index contributed by atoms with van der Waals surface area (Å²) in [5.41, 5.74) is 1.54. The van der Waals surface area contributed by atoms with Gasteiger partial charge in [-0.05, 0) is 67.3 Å². The molecule has 1 aromatic rings. The van der Waals surface area contributed by atoms with Crippen LogP contribution in [0.5, 0.6) is 0 Å². The maximum absolute atomic E-state index is 2.43. The molecule has 2 fully saturated rings. The third-order valence-electron chi connectivity index (χ3n) is 7.72. The molecule has 2 aliphatic carbocycles. The Labute approximate surface area is 163 Å². The molecule has 1 aromatic carbocycles. The van der Waals surface area contributed by atoms with Crippen LogP contribution in [-0.4, -0.2) is 0 Å². The van der Waals surface area contributed by atoms with Crippen LogP contribution < -0.4 is 0 Å². The normalized spacial score (nSPS) is 30.8. The second-order valence-corrected chi connectivity index (χ2v) is 9.60. The van der Waals surface area contributed by atoms with E-state index in [0.29, 0.717) is 0 Å². The first kappa shape index (κ1) is 20.0. The van der Waals surface area contributed by atoms with Gasteiger partial charge in [0.15, 0.2) is 0 Å². The van der Waals surface area contributed by atoms with Gasteiger partial charge in [0.25, 0.3) is 0 Å². The number of hydrogen-bond acceptors (Lipinski definition) is 0. The highest BCUT2D eigenvalue weighted by Gasteiger charge is 2.31. The van der Waals surface area contributed by atoms with Gasteiger partial charge in [0.1, 0.15) is 0 Å². The summed E-state index contributed by atoms with van der Waals surface area (Å²) in [6.07, 6.45) is 19.5. The summed E-state index contributed by atoms with van der Waals surface area (Å²) >= 11 is 0. The van der Waals surface area contributed by atoms with E-state index in [2.05, 4.69) is 44.2 Å². The molecular formula is C26H42. The summed E-state index contributed by atoms with van der Waals surface area (Å²) < 4.78 is 0. The van der Waals surface area contributed by atoms with Crippen molar-refractivity contribution in [1.29, 1.82) is 0 Å². The second-order valence-electron chi connectivity index (χ2n) is 9.60. The smallest absolute Gasteiger partial charge is 0.0188 e. The Morgan fingerprint density at radius 1 is 0.769 bits per heavy atom. The molecule has 26 heavy (non-hydrogen) atoms. The van der Waals surface area contributed by atoms with Crippen LogP contribution in [0.3, 0.4) is 0 Å². The molecule has 1 atom stereocenters. The zero-order valence-corrected chi connectivity index (χ0v) is 17.5.